The molecule has 7 heteroatoms. The van der Waals surface area contributed by atoms with Gasteiger partial charge in [-0.25, -0.2) is 4.79 Å². The Morgan fingerprint density at radius 3 is 2.29 bits per heavy atom. The Labute approximate surface area is 164 Å². The summed E-state index contributed by atoms with van der Waals surface area (Å²) in [6.07, 6.45) is 0. The number of rotatable bonds is 5. The van der Waals surface area contributed by atoms with Gasteiger partial charge in [-0.1, -0.05) is 11.8 Å². The van der Waals surface area contributed by atoms with E-state index in [1.54, 1.807) is 63.7 Å². The van der Waals surface area contributed by atoms with Gasteiger partial charge in [-0.3, -0.25) is 4.79 Å². The molecule has 28 heavy (non-hydrogen) atoms. The maximum atomic E-state index is 12.0. The third kappa shape index (κ3) is 5.68. The second-order valence-corrected chi connectivity index (χ2v) is 5.96. The fourth-order valence-electron chi connectivity index (χ4n) is 2.31. The third-order valence-corrected chi connectivity index (χ3v) is 3.75. The number of urea groups is 1. The largest absolute Gasteiger partial charge is 0.493 e. The van der Waals surface area contributed by atoms with E-state index in [9.17, 15) is 9.59 Å². The van der Waals surface area contributed by atoms with Crippen molar-refractivity contribution in [1.29, 1.82) is 0 Å². The molecule has 0 aliphatic rings. The normalized spacial score (nSPS) is 9.57. The second-order valence-electron chi connectivity index (χ2n) is 5.96. The van der Waals surface area contributed by atoms with Gasteiger partial charge in [-0.05, 0) is 36.4 Å². The van der Waals surface area contributed by atoms with E-state index >= 15 is 0 Å². The molecular formula is C21H23N3O4. The lowest BCUT2D eigenvalue weighted by molar-refractivity contribution is 0.0827. The Kier molecular flexibility index (Phi) is 7.28. The molecule has 0 spiro atoms. The molecule has 146 valence electrons. The molecule has 3 amide bonds. The molecule has 0 bridgehead atoms. The second kappa shape index (κ2) is 9.88. The number of ether oxygens (including phenoxy) is 2. The quantitative estimate of drug-likeness (QED) is 0.780. The van der Waals surface area contributed by atoms with Crippen LogP contribution in [-0.2, 0) is 0 Å². The molecule has 2 aromatic carbocycles. The number of anilines is 1. The first-order valence-corrected chi connectivity index (χ1v) is 8.52. The summed E-state index contributed by atoms with van der Waals surface area (Å²) >= 11 is 0. The molecule has 7 nitrogen and oxygen atoms in total. The number of methoxy groups -OCH3 is 2. The summed E-state index contributed by atoms with van der Waals surface area (Å²) in [6, 6.07) is 11.7. The van der Waals surface area contributed by atoms with Crippen LogP contribution in [0.1, 0.15) is 15.9 Å². The van der Waals surface area contributed by atoms with E-state index in [2.05, 4.69) is 22.5 Å². The van der Waals surface area contributed by atoms with E-state index in [4.69, 9.17) is 9.47 Å². The number of nitrogens with one attached hydrogen (secondary N) is 2. The average Bonchev–Trinajstić information content (AvgIpc) is 2.70. The van der Waals surface area contributed by atoms with Gasteiger partial charge in [0.05, 0.1) is 20.8 Å². The zero-order valence-corrected chi connectivity index (χ0v) is 16.3. The summed E-state index contributed by atoms with van der Waals surface area (Å²) < 4.78 is 10.4. The summed E-state index contributed by atoms with van der Waals surface area (Å²) in [7, 11) is 6.48. The first kappa shape index (κ1) is 20.6. The average molecular weight is 381 g/mol. The van der Waals surface area contributed by atoms with Crippen LogP contribution >= 0.6 is 0 Å². The molecule has 0 atom stereocenters. The van der Waals surface area contributed by atoms with Gasteiger partial charge in [-0.15, -0.1) is 0 Å². The number of hydrogen-bond donors (Lipinski definition) is 2. The molecule has 0 radical (unpaired) electrons. The van der Waals surface area contributed by atoms with E-state index in [1.165, 1.54) is 12.0 Å². The molecular weight excluding hydrogens is 358 g/mol. The Morgan fingerprint density at radius 1 is 1.00 bits per heavy atom. The maximum Gasteiger partial charge on any atom is 0.319 e. The Morgan fingerprint density at radius 2 is 1.68 bits per heavy atom. The van der Waals surface area contributed by atoms with Crippen LogP contribution in [-0.4, -0.2) is 51.7 Å². The van der Waals surface area contributed by atoms with Crippen molar-refractivity contribution in [3.8, 4) is 23.3 Å². The van der Waals surface area contributed by atoms with E-state index in [0.717, 1.165) is 5.56 Å². The van der Waals surface area contributed by atoms with Crippen molar-refractivity contribution < 1.29 is 19.1 Å². The van der Waals surface area contributed by atoms with E-state index in [-0.39, 0.29) is 18.5 Å². The van der Waals surface area contributed by atoms with E-state index in [1.807, 2.05) is 0 Å². The highest BCUT2D eigenvalue weighted by Crippen LogP contribution is 2.29. The van der Waals surface area contributed by atoms with Gasteiger partial charge >= 0.3 is 6.03 Å². The Balaban J connectivity index is 1.87. The molecule has 0 fully saturated rings. The highest BCUT2D eigenvalue weighted by Gasteiger charge is 2.07. The van der Waals surface area contributed by atoms with Crippen LogP contribution in [0.3, 0.4) is 0 Å². The monoisotopic (exact) mass is 381 g/mol. The third-order valence-electron chi connectivity index (χ3n) is 3.75. The van der Waals surface area contributed by atoms with Crippen LogP contribution in [0.15, 0.2) is 42.5 Å². The summed E-state index contributed by atoms with van der Waals surface area (Å²) in [6.45, 7) is 0.178. The summed E-state index contributed by atoms with van der Waals surface area (Å²) in [5.41, 5.74) is 1.93. The van der Waals surface area contributed by atoms with Crippen LogP contribution in [0.5, 0.6) is 11.5 Å². The fraction of sp³-hybridized carbons (Fsp3) is 0.238. The van der Waals surface area contributed by atoms with E-state index in [0.29, 0.717) is 22.7 Å². The molecule has 0 aliphatic heterocycles. The van der Waals surface area contributed by atoms with Gasteiger partial charge in [0.1, 0.15) is 0 Å². The van der Waals surface area contributed by atoms with Crippen molar-refractivity contribution in [3.63, 3.8) is 0 Å². The Hall–Kier alpha value is -3.66. The van der Waals surface area contributed by atoms with Crippen molar-refractivity contribution >= 4 is 17.6 Å². The molecule has 0 aromatic heterocycles. The zero-order valence-electron chi connectivity index (χ0n) is 16.3. The van der Waals surface area contributed by atoms with Crippen molar-refractivity contribution in [2.75, 3.05) is 40.2 Å². The summed E-state index contributed by atoms with van der Waals surface area (Å²) in [5, 5.41) is 5.36. The predicted octanol–water partition coefficient (Wildman–Crippen LogP) is 2.58. The maximum absolute atomic E-state index is 12.0. The van der Waals surface area contributed by atoms with Gasteiger partial charge in [0.25, 0.3) is 5.91 Å². The lowest BCUT2D eigenvalue weighted by atomic mass is 10.1. The molecule has 2 N–H and O–H groups in total. The van der Waals surface area contributed by atoms with Crippen LogP contribution in [0.2, 0.25) is 0 Å². The van der Waals surface area contributed by atoms with Gasteiger partial charge in [0.15, 0.2) is 11.5 Å². The molecule has 2 rings (SSSR count). The Bertz CT molecular complexity index is 896. The topological polar surface area (TPSA) is 79.9 Å². The first-order valence-electron chi connectivity index (χ1n) is 8.52. The zero-order chi connectivity index (χ0) is 20.5. The molecule has 0 heterocycles. The molecule has 0 aliphatic carbocycles. The standard InChI is InChI=1S/C21H23N3O4/c1-24(2)20(25)16-9-7-15(8-10-16)6-5-13-22-21(26)23-17-11-12-18(27-3)19(14-17)28-4/h7-12,14H,13H2,1-4H3,(H2,22,23,26). The smallest absolute Gasteiger partial charge is 0.319 e. The minimum atomic E-state index is -0.381. The molecule has 0 unspecified atom stereocenters. The van der Waals surface area contributed by atoms with Gasteiger partial charge in [0.2, 0.25) is 0 Å². The number of nitrogens with zero attached hydrogens (tertiary/aromatic N) is 1. The first-order chi connectivity index (χ1) is 13.4. The predicted molar refractivity (Wildman–Crippen MR) is 108 cm³/mol. The van der Waals surface area contributed by atoms with Gasteiger partial charge in [-0.2, -0.15) is 0 Å². The van der Waals surface area contributed by atoms with Crippen LogP contribution in [0.4, 0.5) is 10.5 Å². The number of hydrogen-bond acceptors (Lipinski definition) is 4. The SMILES string of the molecule is COc1ccc(NC(=O)NCC#Cc2ccc(C(=O)N(C)C)cc2)cc1OC. The minimum absolute atomic E-state index is 0.0620. The molecule has 0 saturated carbocycles. The van der Waals surface area contributed by atoms with Gasteiger partial charge < -0.3 is 25.0 Å². The number of amides is 3. The number of carbonyl (C=O) groups is 2. The highest BCUT2D eigenvalue weighted by molar-refractivity contribution is 5.94. The lowest BCUT2D eigenvalue weighted by Crippen LogP contribution is -2.28. The molecule has 0 saturated heterocycles. The summed E-state index contributed by atoms with van der Waals surface area (Å²) in [4.78, 5) is 25.3. The lowest BCUT2D eigenvalue weighted by Gasteiger charge is -2.10. The van der Waals surface area contributed by atoms with Crippen molar-refractivity contribution in [2.24, 2.45) is 0 Å². The van der Waals surface area contributed by atoms with Crippen molar-refractivity contribution in [2.45, 2.75) is 0 Å². The summed E-state index contributed by atoms with van der Waals surface area (Å²) in [5.74, 6) is 6.85. The van der Waals surface area contributed by atoms with Crippen molar-refractivity contribution in [1.82, 2.24) is 10.2 Å². The van der Waals surface area contributed by atoms with E-state index < -0.39 is 0 Å². The van der Waals surface area contributed by atoms with Crippen LogP contribution in [0.25, 0.3) is 0 Å². The fourth-order valence-corrected chi connectivity index (χ4v) is 2.31. The minimum Gasteiger partial charge on any atom is -0.493 e. The number of carbonyl (C=O) groups excluding carboxylic acids is 2. The van der Waals surface area contributed by atoms with Gasteiger partial charge in [0, 0.05) is 37.0 Å². The van der Waals surface area contributed by atoms with Crippen molar-refractivity contribution in [3.05, 3.63) is 53.6 Å². The highest BCUT2D eigenvalue weighted by atomic mass is 16.5. The molecule has 2 aromatic rings. The number of benzene rings is 2. The van der Waals surface area contributed by atoms with Crippen LogP contribution in [0, 0.1) is 11.8 Å². The van der Waals surface area contributed by atoms with Crippen LogP contribution < -0.4 is 20.1 Å².